The van der Waals surface area contributed by atoms with Gasteiger partial charge in [-0.3, -0.25) is 14.8 Å². The molecule has 0 spiro atoms. The molecule has 8 heteroatoms. The first-order valence-corrected chi connectivity index (χ1v) is 5.69. The molecule has 0 aliphatic carbocycles. The zero-order valence-corrected chi connectivity index (χ0v) is 10.4. The van der Waals surface area contributed by atoms with Crippen molar-refractivity contribution in [2.75, 3.05) is 6.61 Å². The molecule has 1 aromatic heterocycles. The smallest absolute Gasteiger partial charge is 0.306 e. The van der Waals surface area contributed by atoms with Crippen molar-refractivity contribution in [3.8, 4) is 5.75 Å². The molecule has 1 heterocycles. The Morgan fingerprint density at radius 2 is 2.32 bits per heavy atom. The van der Waals surface area contributed by atoms with Crippen molar-refractivity contribution in [2.24, 2.45) is 0 Å². The van der Waals surface area contributed by atoms with Gasteiger partial charge in [-0.25, -0.2) is 4.39 Å². The van der Waals surface area contributed by atoms with Crippen molar-refractivity contribution >= 4 is 17.3 Å². The predicted octanol–water partition coefficient (Wildman–Crippen LogP) is 2.66. The summed E-state index contributed by atoms with van der Waals surface area (Å²) in [5.74, 6) is -0.0928. The van der Waals surface area contributed by atoms with Crippen LogP contribution in [0, 0.1) is 15.9 Å². The summed E-state index contributed by atoms with van der Waals surface area (Å²) >= 11 is 5.78. The van der Waals surface area contributed by atoms with Crippen molar-refractivity contribution in [2.45, 2.75) is 6.54 Å². The summed E-state index contributed by atoms with van der Waals surface area (Å²) in [4.78, 5) is 9.93. The molecule has 6 nitrogen and oxygen atoms in total. The molecule has 0 radical (unpaired) electrons. The van der Waals surface area contributed by atoms with E-state index >= 15 is 0 Å². The van der Waals surface area contributed by atoms with Gasteiger partial charge in [0.1, 0.15) is 30.6 Å². The van der Waals surface area contributed by atoms with Crippen molar-refractivity contribution < 1.29 is 14.1 Å². The van der Waals surface area contributed by atoms with E-state index in [0.717, 1.165) is 12.3 Å². The summed E-state index contributed by atoms with van der Waals surface area (Å²) in [5, 5.41) is 14.4. The lowest BCUT2D eigenvalue weighted by molar-refractivity contribution is -0.385. The largest absolute Gasteiger partial charge is 0.490 e. The normalized spacial score (nSPS) is 10.4. The SMILES string of the molecule is O=[N+]([O-])c1cnn(CCOc2ccc(F)cc2Cl)c1. The average Bonchev–Trinajstić information content (AvgIpc) is 2.81. The summed E-state index contributed by atoms with van der Waals surface area (Å²) in [6, 6.07) is 3.80. The highest BCUT2D eigenvalue weighted by Crippen LogP contribution is 2.24. The Morgan fingerprint density at radius 1 is 1.53 bits per heavy atom. The minimum absolute atomic E-state index is 0.0835. The topological polar surface area (TPSA) is 70.2 Å². The number of rotatable bonds is 5. The van der Waals surface area contributed by atoms with E-state index in [1.54, 1.807) is 0 Å². The number of aromatic nitrogens is 2. The van der Waals surface area contributed by atoms with Gasteiger partial charge < -0.3 is 4.74 Å². The number of hydrogen-bond acceptors (Lipinski definition) is 4. The highest BCUT2D eigenvalue weighted by molar-refractivity contribution is 6.32. The molecule has 1 aromatic carbocycles. The molecule has 0 aliphatic heterocycles. The van der Waals surface area contributed by atoms with Crippen LogP contribution in [0.5, 0.6) is 5.75 Å². The second-order valence-corrected chi connectivity index (χ2v) is 4.05. The minimum atomic E-state index is -0.527. The second-order valence-electron chi connectivity index (χ2n) is 3.64. The predicted molar refractivity (Wildman–Crippen MR) is 65.8 cm³/mol. The molecule has 2 rings (SSSR count). The van der Waals surface area contributed by atoms with Crippen LogP contribution in [0.15, 0.2) is 30.6 Å². The molecule has 0 fully saturated rings. The van der Waals surface area contributed by atoms with E-state index in [-0.39, 0.29) is 17.3 Å². The molecule has 0 amide bonds. The van der Waals surface area contributed by atoms with Crippen LogP contribution in [-0.4, -0.2) is 21.3 Å². The van der Waals surface area contributed by atoms with Crippen LogP contribution in [0.2, 0.25) is 5.02 Å². The quantitative estimate of drug-likeness (QED) is 0.625. The van der Waals surface area contributed by atoms with Gasteiger partial charge in [-0.2, -0.15) is 5.10 Å². The molecule has 0 bridgehead atoms. The Morgan fingerprint density at radius 3 is 2.95 bits per heavy atom. The van der Waals surface area contributed by atoms with Crippen LogP contribution in [0.1, 0.15) is 0 Å². The van der Waals surface area contributed by atoms with E-state index in [9.17, 15) is 14.5 Å². The number of benzene rings is 1. The molecular formula is C11H9ClFN3O3. The van der Waals surface area contributed by atoms with Crippen LogP contribution in [0.4, 0.5) is 10.1 Å². The Bertz CT molecular complexity index is 603. The van der Waals surface area contributed by atoms with Gasteiger partial charge in [0, 0.05) is 0 Å². The zero-order valence-electron chi connectivity index (χ0n) is 9.62. The van der Waals surface area contributed by atoms with Crippen LogP contribution in [0.3, 0.4) is 0 Å². The number of halogens is 2. The maximum absolute atomic E-state index is 12.8. The summed E-state index contributed by atoms with van der Waals surface area (Å²) in [6.45, 7) is 0.533. The lowest BCUT2D eigenvalue weighted by Crippen LogP contribution is -2.08. The molecule has 0 atom stereocenters. The Kier molecular flexibility index (Phi) is 3.96. The molecular weight excluding hydrogens is 277 g/mol. The van der Waals surface area contributed by atoms with E-state index < -0.39 is 10.7 Å². The summed E-state index contributed by atoms with van der Waals surface area (Å²) < 4.78 is 19.5. The fraction of sp³-hybridized carbons (Fsp3) is 0.182. The lowest BCUT2D eigenvalue weighted by atomic mass is 10.3. The van der Waals surface area contributed by atoms with E-state index in [0.29, 0.717) is 12.3 Å². The monoisotopic (exact) mass is 285 g/mol. The molecule has 0 saturated carbocycles. The van der Waals surface area contributed by atoms with Crippen molar-refractivity contribution in [3.63, 3.8) is 0 Å². The van der Waals surface area contributed by atoms with Crippen molar-refractivity contribution in [1.29, 1.82) is 0 Å². The molecule has 0 N–H and O–H groups in total. The standard InChI is InChI=1S/C11H9ClFN3O3/c12-10-5-8(13)1-2-11(10)19-4-3-15-7-9(6-14-15)16(17)18/h1-2,5-7H,3-4H2. The Labute approximate surface area is 112 Å². The fourth-order valence-electron chi connectivity index (χ4n) is 1.41. The third-order valence-electron chi connectivity index (χ3n) is 2.30. The van der Waals surface area contributed by atoms with Crippen molar-refractivity contribution in [3.05, 3.63) is 51.5 Å². The Balaban J connectivity index is 1.90. The van der Waals surface area contributed by atoms with Gasteiger partial charge in [-0.1, -0.05) is 11.6 Å². The van der Waals surface area contributed by atoms with Gasteiger partial charge in [-0.05, 0) is 18.2 Å². The number of nitrogens with zero attached hydrogens (tertiary/aromatic N) is 3. The van der Waals surface area contributed by atoms with Gasteiger partial charge in [0.25, 0.3) is 0 Å². The van der Waals surface area contributed by atoms with Crippen LogP contribution < -0.4 is 4.74 Å². The van der Waals surface area contributed by atoms with Crippen molar-refractivity contribution in [1.82, 2.24) is 9.78 Å². The van der Waals surface area contributed by atoms with E-state index in [1.807, 2.05) is 0 Å². The van der Waals surface area contributed by atoms with Gasteiger partial charge in [-0.15, -0.1) is 0 Å². The first-order chi connectivity index (χ1) is 9.06. The van der Waals surface area contributed by atoms with Crippen LogP contribution in [-0.2, 0) is 6.54 Å². The van der Waals surface area contributed by atoms with Gasteiger partial charge in [0.2, 0.25) is 0 Å². The molecule has 0 aliphatic rings. The fourth-order valence-corrected chi connectivity index (χ4v) is 1.63. The second kappa shape index (κ2) is 5.66. The van der Waals surface area contributed by atoms with Gasteiger partial charge in [0.05, 0.1) is 16.5 Å². The zero-order chi connectivity index (χ0) is 13.8. The number of hydrogen-bond donors (Lipinski definition) is 0. The summed E-state index contributed by atoms with van der Waals surface area (Å²) in [6.07, 6.45) is 2.46. The van der Waals surface area contributed by atoms with E-state index in [1.165, 1.54) is 23.0 Å². The third-order valence-corrected chi connectivity index (χ3v) is 2.60. The summed E-state index contributed by atoms with van der Waals surface area (Å²) in [7, 11) is 0. The van der Waals surface area contributed by atoms with Crippen LogP contribution >= 0.6 is 11.6 Å². The maximum Gasteiger partial charge on any atom is 0.306 e. The molecule has 100 valence electrons. The highest BCUT2D eigenvalue weighted by Gasteiger charge is 2.09. The first kappa shape index (κ1) is 13.3. The molecule has 0 saturated heterocycles. The van der Waals surface area contributed by atoms with E-state index in [4.69, 9.17) is 16.3 Å². The third kappa shape index (κ3) is 3.41. The number of nitro groups is 1. The van der Waals surface area contributed by atoms with Gasteiger partial charge >= 0.3 is 5.69 Å². The molecule has 0 unspecified atom stereocenters. The highest BCUT2D eigenvalue weighted by atomic mass is 35.5. The Hall–Kier alpha value is -2.15. The minimum Gasteiger partial charge on any atom is -0.490 e. The van der Waals surface area contributed by atoms with Crippen LogP contribution in [0.25, 0.3) is 0 Å². The molecule has 2 aromatic rings. The first-order valence-electron chi connectivity index (χ1n) is 5.31. The molecule has 19 heavy (non-hydrogen) atoms. The van der Waals surface area contributed by atoms with E-state index in [2.05, 4.69) is 5.10 Å². The number of ether oxygens (including phenoxy) is 1. The maximum atomic E-state index is 12.8. The average molecular weight is 286 g/mol. The lowest BCUT2D eigenvalue weighted by Gasteiger charge is -2.07. The summed E-state index contributed by atoms with van der Waals surface area (Å²) in [5.41, 5.74) is -0.0835. The van der Waals surface area contributed by atoms with Gasteiger partial charge in [0.15, 0.2) is 0 Å².